The van der Waals surface area contributed by atoms with Crippen LogP contribution in [0.2, 0.25) is 0 Å². The number of carbonyl (C=O) groups excluding carboxylic acids is 1. The Labute approximate surface area is 123 Å². The molecule has 1 amide bonds. The van der Waals surface area contributed by atoms with Gasteiger partial charge in [-0.3, -0.25) is 4.79 Å². The van der Waals surface area contributed by atoms with Crippen molar-refractivity contribution >= 4 is 23.4 Å². The molecule has 0 aliphatic heterocycles. The van der Waals surface area contributed by atoms with E-state index >= 15 is 0 Å². The number of rotatable bonds is 5. The van der Waals surface area contributed by atoms with E-state index in [4.69, 9.17) is 5.73 Å². The van der Waals surface area contributed by atoms with Crippen LogP contribution in [0.5, 0.6) is 0 Å². The van der Waals surface area contributed by atoms with Crippen LogP contribution in [-0.2, 0) is 11.2 Å². The van der Waals surface area contributed by atoms with E-state index < -0.39 is 6.04 Å². The zero-order valence-electron chi connectivity index (χ0n) is 11.4. The van der Waals surface area contributed by atoms with Crippen LogP contribution < -0.4 is 11.1 Å². The summed E-state index contributed by atoms with van der Waals surface area (Å²) in [5.41, 5.74) is 7.85. The Morgan fingerprint density at radius 3 is 2.50 bits per heavy atom. The highest BCUT2D eigenvalue weighted by molar-refractivity contribution is 7.98. The lowest BCUT2D eigenvalue weighted by molar-refractivity contribution is -0.117. The summed E-state index contributed by atoms with van der Waals surface area (Å²) in [5.74, 6) is -0.157. The van der Waals surface area contributed by atoms with E-state index in [-0.39, 0.29) is 5.91 Å². The first-order valence-corrected chi connectivity index (χ1v) is 7.66. The molecule has 20 heavy (non-hydrogen) atoms. The molecule has 0 aromatic heterocycles. The van der Waals surface area contributed by atoms with E-state index in [1.807, 2.05) is 60.9 Å². The molecule has 4 heteroatoms. The maximum absolute atomic E-state index is 12.1. The van der Waals surface area contributed by atoms with Gasteiger partial charge in [-0.1, -0.05) is 42.5 Å². The third-order valence-electron chi connectivity index (χ3n) is 3.00. The number of hydrogen-bond acceptors (Lipinski definition) is 3. The molecular formula is C16H18N2OS. The number of benzene rings is 2. The van der Waals surface area contributed by atoms with E-state index in [1.165, 1.54) is 0 Å². The molecule has 2 aromatic rings. The first-order valence-electron chi connectivity index (χ1n) is 6.44. The van der Waals surface area contributed by atoms with Gasteiger partial charge in [0.25, 0.3) is 0 Å². The first-order chi connectivity index (χ1) is 9.70. The highest BCUT2D eigenvalue weighted by Crippen LogP contribution is 2.24. The normalized spacial score (nSPS) is 11.9. The highest BCUT2D eigenvalue weighted by Gasteiger charge is 2.15. The second kappa shape index (κ2) is 7.12. The molecule has 0 spiro atoms. The second-order valence-electron chi connectivity index (χ2n) is 4.49. The lowest BCUT2D eigenvalue weighted by Crippen LogP contribution is -2.37. The third kappa shape index (κ3) is 3.85. The molecule has 0 unspecified atom stereocenters. The van der Waals surface area contributed by atoms with Crippen LogP contribution in [-0.4, -0.2) is 18.2 Å². The molecule has 3 N–H and O–H groups in total. The average molecular weight is 286 g/mol. The fourth-order valence-electron chi connectivity index (χ4n) is 1.93. The summed E-state index contributed by atoms with van der Waals surface area (Å²) in [6.07, 6.45) is 2.52. The Balaban J connectivity index is 2.01. The van der Waals surface area contributed by atoms with Crippen LogP contribution in [0.1, 0.15) is 5.56 Å². The van der Waals surface area contributed by atoms with Gasteiger partial charge in [-0.25, -0.2) is 0 Å². The van der Waals surface area contributed by atoms with Crippen molar-refractivity contribution in [2.24, 2.45) is 5.73 Å². The fourth-order valence-corrected chi connectivity index (χ4v) is 2.49. The van der Waals surface area contributed by atoms with Gasteiger partial charge in [0.15, 0.2) is 0 Å². The van der Waals surface area contributed by atoms with Crippen molar-refractivity contribution in [2.45, 2.75) is 17.4 Å². The zero-order chi connectivity index (χ0) is 14.4. The van der Waals surface area contributed by atoms with Crippen molar-refractivity contribution in [3.8, 4) is 0 Å². The van der Waals surface area contributed by atoms with Crippen molar-refractivity contribution in [1.29, 1.82) is 0 Å². The molecule has 2 rings (SSSR count). The lowest BCUT2D eigenvalue weighted by Gasteiger charge is -2.14. The average Bonchev–Trinajstić information content (AvgIpc) is 2.48. The van der Waals surface area contributed by atoms with Crippen LogP contribution in [0.25, 0.3) is 0 Å². The summed E-state index contributed by atoms with van der Waals surface area (Å²) in [6.45, 7) is 0. The number of nitrogens with two attached hydrogens (primary N) is 1. The molecule has 3 nitrogen and oxygen atoms in total. The summed E-state index contributed by atoms with van der Waals surface area (Å²) in [5, 5.41) is 2.90. The van der Waals surface area contributed by atoms with E-state index in [9.17, 15) is 4.79 Å². The van der Waals surface area contributed by atoms with Crippen molar-refractivity contribution < 1.29 is 4.79 Å². The molecule has 0 heterocycles. The van der Waals surface area contributed by atoms with Gasteiger partial charge in [-0.05, 0) is 30.4 Å². The monoisotopic (exact) mass is 286 g/mol. The third-order valence-corrected chi connectivity index (χ3v) is 3.80. The van der Waals surface area contributed by atoms with Crippen molar-refractivity contribution in [3.63, 3.8) is 0 Å². The number of para-hydroxylation sites is 1. The molecule has 0 radical (unpaired) electrons. The number of hydrogen-bond donors (Lipinski definition) is 2. The van der Waals surface area contributed by atoms with E-state index in [0.29, 0.717) is 6.42 Å². The van der Waals surface area contributed by atoms with E-state index in [0.717, 1.165) is 16.1 Å². The number of carbonyl (C=O) groups is 1. The van der Waals surface area contributed by atoms with Crippen molar-refractivity contribution in [2.75, 3.05) is 11.6 Å². The number of thioether (sulfide) groups is 1. The molecule has 0 aliphatic rings. The van der Waals surface area contributed by atoms with Gasteiger partial charge < -0.3 is 11.1 Å². The molecule has 2 aromatic carbocycles. The predicted molar refractivity (Wildman–Crippen MR) is 85.0 cm³/mol. The Morgan fingerprint density at radius 1 is 1.15 bits per heavy atom. The first kappa shape index (κ1) is 14.6. The maximum atomic E-state index is 12.1. The minimum atomic E-state index is -0.549. The largest absolute Gasteiger partial charge is 0.324 e. The molecule has 104 valence electrons. The maximum Gasteiger partial charge on any atom is 0.241 e. The van der Waals surface area contributed by atoms with Gasteiger partial charge in [0, 0.05) is 4.90 Å². The molecule has 0 bridgehead atoms. The van der Waals surface area contributed by atoms with Gasteiger partial charge in [0.05, 0.1) is 11.7 Å². The topological polar surface area (TPSA) is 55.1 Å². The second-order valence-corrected chi connectivity index (χ2v) is 5.33. The lowest BCUT2D eigenvalue weighted by atomic mass is 10.1. The van der Waals surface area contributed by atoms with Crippen LogP contribution in [0.15, 0.2) is 59.5 Å². The summed E-state index contributed by atoms with van der Waals surface area (Å²) in [4.78, 5) is 13.2. The van der Waals surface area contributed by atoms with Crippen molar-refractivity contribution in [1.82, 2.24) is 0 Å². The van der Waals surface area contributed by atoms with Gasteiger partial charge >= 0.3 is 0 Å². The minimum absolute atomic E-state index is 0.157. The Bertz CT molecular complexity index is 572. The smallest absolute Gasteiger partial charge is 0.241 e. The van der Waals surface area contributed by atoms with Gasteiger partial charge in [-0.15, -0.1) is 11.8 Å². The summed E-state index contributed by atoms with van der Waals surface area (Å²) in [7, 11) is 0. The van der Waals surface area contributed by atoms with Gasteiger partial charge in [0.2, 0.25) is 5.91 Å². The Hall–Kier alpha value is -1.78. The molecule has 0 saturated heterocycles. The quantitative estimate of drug-likeness (QED) is 0.831. The Kier molecular flexibility index (Phi) is 5.21. The van der Waals surface area contributed by atoms with Crippen molar-refractivity contribution in [3.05, 3.63) is 60.2 Å². The standard InChI is InChI=1S/C16H18N2OS/c1-20-15-10-6-5-9-14(15)18-16(19)13(17)11-12-7-3-2-4-8-12/h2-10,13H,11,17H2,1H3,(H,18,19)/t13-/m0/s1. The summed E-state index contributed by atoms with van der Waals surface area (Å²) >= 11 is 1.60. The highest BCUT2D eigenvalue weighted by atomic mass is 32.2. The molecular weight excluding hydrogens is 268 g/mol. The Morgan fingerprint density at radius 2 is 1.80 bits per heavy atom. The van der Waals surface area contributed by atoms with E-state index in [2.05, 4.69) is 5.32 Å². The summed E-state index contributed by atoms with van der Waals surface area (Å²) < 4.78 is 0. The SMILES string of the molecule is CSc1ccccc1NC(=O)[C@@H](N)Cc1ccccc1. The number of amides is 1. The summed E-state index contributed by atoms with van der Waals surface area (Å²) in [6, 6.07) is 17.0. The zero-order valence-corrected chi connectivity index (χ0v) is 12.2. The van der Waals surface area contributed by atoms with Crippen LogP contribution >= 0.6 is 11.8 Å². The molecule has 0 aliphatic carbocycles. The van der Waals surface area contributed by atoms with Crippen LogP contribution in [0.3, 0.4) is 0 Å². The number of anilines is 1. The van der Waals surface area contributed by atoms with Crippen LogP contribution in [0, 0.1) is 0 Å². The van der Waals surface area contributed by atoms with E-state index in [1.54, 1.807) is 11.8 Å². The molecule has 0 fully saturated rings. The molecule has 0 saturated carbocycles. The predicted octanol–water partition coefficient (Wildman–Crippen LogP) is 2.92. The number of nitrogens with one attached hydrogen (secondary N) is 1. The van der Waals surface area contributed by atoms with Crippen LogP contribution in [0.4, 0.5) is 5.69 Å². The minimum Gasteiger partial charge on any atom is -0.324 e. The fraction of sp³-hybridized carbons (Fsp3) is 0.188. The van der Waals surface area contributed by atoms with Gasteiger partial charge in [-0.2, -0.15) is 0 Å². The molecule has 1 atom stereocenters. The van der Waals surface area contributed by atoms with Gasteiger partial charge in [0.1, 0.15) is 0 Å².